The van der Waals surface area contributed by atoms with E-state index in [-0.39, 0.29) is 16.3 Å². The SMILES string of the molecule is CC(Cc1c(F)ccc(Br)c1F)C(Br)c1ccccc1. The molecule has 0 amide bonds. The Morgan fingerprint density at radius 3 is 2.35 bits per heavy atom. The highest BCUT2D eigenvalue weighted by Crippen LogP contribution is 2.34. The minimum atomic E-state index is -0.510. The molecule has 0 aromatic heterocycles. The van der Waals surface area contributed by atoms with E-state index in [1.807, 2.05) is 37.3 Å². The highest BCUT2D eigenvalue weighted by molar-refractivity contribution is 9.10. The fraction of sp³-hybridized carbons (Fsp3) is 0.250. The van der Waals surface area contributed by atoms with Gasteiger partial charge in [-0.3, -0.25) is 0 Å². The summed E-state index contributed by atoms with van der Waals surface area (Å²) in [5.41, 5.74) is 1.24. The molecule has 0 aliphatic heterocycles. The monoisotopic (exact) mass is 402 g/mol. The molecule has 0 spiro atoms. The molecule has 2 rings (SSSR count). The first kappa shape index (κ1) is 15.6. The summed E-state index contributed by atoms with van der Waals surface area (Å²) in [6.07, 6.45) is 0.335. The van der Waals surface area contributed by atoms with E-state index in [0.29, 0.717) is 10.9 Å². The number of hydrogen-bond acceptors (Lipinski definition) is 0. The van der Waals surface area contributed by atoms with Crippen molar-refractivity contribution in [2.24, 2.45) is 5.92 Å². The Morgan fingerprint density at radius 1 is 1.05 bits per heavy atom. The van der Waals surface area contributed by atoms with Gasteiger partial charge in [0.15, 0.2) is 0 Å². The standard InChI is InChI=1S/C16H14Br2F2/c1-10(15(18)11-5-3-2-4-6-11)9-12-14(19)8-7-13(17)16(12)20/h2-8,10,15H,9H2,1H3. The van der Waals surface area contributed by atoms with E-state index in [0.717, 1.165) is 5.56 Å². The van der Waals surface area contributed by atoms with Crippen LogP contribution < -0.4 is 0 Å². The Kier molecular flexibility index (Phi) is 5.33. The van der Waals surface area contributed by atoms with E-state index in [2.05, 4.69) is 31.9 Å². The van der Waals surface area contributed by atoms with Gasteiger partial charge in [0, 0.05) is 10.4 Å². The van der Waals surface area contributed by atoms with Crippen LogP contribution in [0.25, 0.3) is 0 Å². The quantitative estimate of drug-likeness (QED) is 0.431. The number of halogens is 4. The molecule has 0 heterocycles. The molecule has 0 fully saturated rings. The third kappa shape index (κ3) is 3.47. The van der Waals surface area contributed by atoms with Crippen LogP contribution in [0.5, 0.6) is 0 Å². The van der Waals surface area contributed by atoms with Gasteiger partial charge >= 0.3 is 0 Å². The minimum absolute atomic E-state index is 0.0569. The predicted molar refractivity (Wildman–Crippen MR) is 85.0 cm³/mol. The molecule has 0 aliphatic carbocycles. The van der Waals surface area contributed by atoms with Gasteiger partial charge in [-0.15, -0.1) is 0 Å². The minimum Gasteiger partial charge on any atom is -0.207 e. The van der Waals surface area contributed by atoms with Crippen molar-refractivity contribution in [3.05, 3.63) is 69.7 Å². The first-order chi connectivity index (χ1) is 9.50. The van der Waals surface area contributed by atoms with E-state index in [4.69, 9.17) is 0 Å². The molecule has 2 unspecified atom stereocenters. The summed E-state index contributed by atoms with van der Waals surface area (Å²) >= 11 is 6.72. The van der Waals surface area contributed by atoms with Crippen molar-refractivity contribution in [1.82, 2.24) is 0 Å². The average Bonchev–Trinajstić information content (AvgIpc) is 2.47. The molecular formula is C16H14Br2F2. The van der Waals surface area contributed by atoms with Crippen LogP contribution in [-0.4, -0.2) is 0 Å². The zero-order valence-corrected chi connectivity index (χ0v) is 14.1. The molecule has 20 heavy (non-hydrogen) atoms. The van der Waals surface area contributed by atoms with Crippen LogP contribution in [0.3, 0.4) is 0 Å². The van der Waals surface area contributed by atoms with E-state index in [9.17, 15) is 8.78 Å². The number of alkyl halides is 1. The third-order valence-corrected chi connectivity index (χ3v) is 5.33. The summed E-state index contributed by atoms with van der Waals surface area (Å²) in [6.45, 7) is 1.98. The van der Waals surface area contributed by atoms with E-state index in [1.54, 1.807) is 0 Å². The number of benzene rings is 2. The summed E-state index contributed by atoms with van der Waals surface area (Å²) in [6, 6.07) is 12.5. The summed E-state index contributed by atoms with van der Waals surface area (Å²) in [5.74, 6) is -0.939. The fourth-order valence-electron chi connectivity index (χ4n) is 2.15. The molecular weight excluding hydrogens is 390 g/mol. The first-order valence-electron chi connectivity index (χ1n) is 6.32. The van der Waals surface area contributed by atoms with Crippen LogP contribution in [0.4, 0.5) is 8.78 Å². The lowest BCUT2D eigenvalue weighted by Crippen LogP contribution is -2.10. The van der Waals surface area contributed by atoms with Crippen molar-refractivity contribution >= 4 is 31.9 Å². The molecule has 0 nitrogen and oxygen atoms in total. The maximum atomic E-state index is 14.0. The zero-order valence-electron chi connectivity index (χ0n) is 10.9. The first-order valence-corrected chi connectivity index (χ1v) is 8.03. The van der Waals surface area contributed by atoms with E-state index >= 15 is 0 Å². The normalized spacial score (nSPS) is 14.1. The number of rotatable bonds is 4. The second-order valence-electron chi connectivity index (χ2n) is 4.82. The summed E-state index contributed by atoms with van der Waals surface area (Å²) in [7, 11) is 0. The Balaban J connectivity index is 2.20. The average molecular weight is 404 g/mol. The van der Waals surface area contributed by atoms with Crippen LogP contribution in [-0.2, 0) is 6.42 Å². The van der Waals surface area contributed by atoms with E-state index in [1.165, 1.54) is 12.1 Å². The van der Waals surface area contributed by atoms with Gasteiger partial charge in [0.05, 0.1) is 4.47 Å². The largest absolute Gasteiger partial charge is 0.207 e. The van der Waals surface area contributed by atoms with Crippen LogP contribution in [0, 0.1) is 17.6 Å². The van der Waals surface area contributed by atoms with Crippen LogP contribution >= 0.6 is 31.9 Å². The van der Waals surface area contributed by atoms with Gasteiger partial charge in [0.2, 0.25) is 0 Å². The van der Waals surface area contributed by atoms with Gasteiger partial charge in [-0.05, 0) is 46.0 Å². The molecule has 0 N–H and O–H groups in total. The molecule has 0 bridgehead atoms. The third-order valence-electron chi connectivity index (χ3n) is 3.28. The molecule has 106 valence electrons. The van der Waals surface area contributed by atoms with Crippen molar-refractivity contribution in [3.8, 4) is 0 Å². The summed E-state index contributed by atoms with van der Waals surface area (Å²) in [4.78, 5) is 0.0569. The highest BCUT2D eigenvalue weighted by Gasteiger charge is 2.21. The Morgan fingerprint density at radius 2 is 1.70 bits per heavy atom. The maximum Gasteiger partial charge on any atom is 0.143 e. The molecule has 4 heteroatoms. The fourth-order valence-corrected chi connectivity index (χ4v) is 3.01. The van der Waals surface area contributed by atoms with Crippen molar-refractivity contribution in [2.45, 2.75) is 18.2 Å². The molecule has 0 saturated carbocycles. The Hall–Kier alpha value is -0.740. The van der Waals surface area contributed by atoms with Crippen LogP contribution in [0.2, 0.25) is 0 Å². The van der Waals surface area contributed by atoms with Crippen LogP contribution in [0.1, 0.15) is 22.9 Å². The van der Waals surface area contributed by atoms with Gasteiger partial charge in [-0.25, -0.2) is 8.78 Å². The van der Waals surface area contributed by atoms with Gasteiger partial charge in [0.25, 0.3) is 0 Å². The van der Waals surface area contributed by atoms with Crippen molar-refractivity contribution in [1.29, 1.82) is 0 Å². The molecule has 2 atom stereocenters. The second kappa shape index (κ2) is 6.81. The van der Waals surface area contributed by atoms with Gasteiger partial charge in [0.1, 0.15) is 11.6 Å². The second-order valence-corrected chi connectivity index (χ2v) is 6.66. The lowest BCUT2D eigenvalue weighted by atomic mass is 9.93. The number of hydrogen-bond donors (Lipinski definition) is 0. The van der Waals surface area contributed by atoms with Gasteiger partial charge in [-0.1, -0.05) is 53.2 Å². The van der Waals surface area contributed by atoms with Crippen molar-refractivity contribution < 1.29 is 8.78 Å². The molecule has 0 saturated heterocycles. The lowest BCUT2D eigenvalue weighted by molar-refractivity contribution is 0.501. The lowest BCUT2D eigenvalue weighted by Gasteiger charge is -2.19. The van der Waals surface area contributed by atoms with Crippen molar-refractivity contribution in [2.75, 3.05) is 0 Å². The zero-order chi connectivity index (χ0) is 14.7. The molecule has 2 aromatic rings. The summed E-state index contributed by atoms with van der Waals surface area (Å²) < 4.78 is 28.1. The van der Waals surface area contributed by atoms with Crippen molar-refractivity contribution in [3.63, 3.8) is 0 Å². The maximum absolute atomic E-state index is 14.0. The van der Waals surface area contributed by atoms with Crippen LogP contribution in [0.15, 0.2) is 46.9 Å². The van der Waals surface area contributed by atoms with E-state index < -0.39 is 11.6 Å². The highest BCUT2D eigenvalue weighted by atomic mass is 79.9. The summed E-state index contributed by atoms with van der Waals surface area (Å²) in [5, 5.41) is 0. The van der Waals surface area contributed by atoms with Gasteiger partial charge in [-0.2, -0.15) is 0 Å². The topological polar surface area (TPSA) is 0 Å². The predicted octanol–water partition coefficient (Wildman–Crippen LogP) is 6.04. The molecule has 2 aromatic carbocycles. The van der Waals surface area contributed by atoms with Gasteiger partial charge < -0.3 is 0 Å². The Labute approximate surface area is 134 Å². The Bertz CT molecular complexity index is 585. The molecule has 0 aliphatic rings. The smallest absolute Gasteiger partial charge is 0.143 e. The molecule has 0 radical (unpaired) electrons.